The number of hydrogen-bond acceptors (Lipinski definition) is 4. The lowest BCUT2D eigenvalue weighted by Crippen LogP contribution is -2.32. The zero-order valence-corrected chi connectivity index (χ0v) is 15.7. The molecule has 4 rings (SSSR count). The molecule has 2 unspecified atom stereocenters. The topological polar surface area (TPSA) is 58.2 Å². The van der Waals surface area contributed by atoms with E-state index in [9.17, 15) is 12.8 Å². The number of nitrogens with one attached hydrogen (secondary N) is 2. The van der Waals surface area contributed by atoms with Crippen molar-refractivity contribution in [3.8, 4) is 0 Å². The van der Waals surface area contributed by atoms with Crippen molar-refractivity contribution >= 4 is 15.5 Å². The monoisotopic (exact) mass is 374 g/mol. The maximum atomic E-state index is 13.5. The fraction of sp³-hybridized carbons (Fsp3) is 0.400. The molecule has 0 saturated carbocycles. The van der Waals surface area contributed by atoms with Gasteiger partial charge >= 0.3 is 0 Å². The molecule has 26 heavy (non-hydrogen) atoms. The van der Waals surface area contributed by atoms with Crippen LogP contribution in [0.5, 0.6) is 0 Å². The smallest absolute Gasteiger partial charge is 0.206 e. The van der Waals surface area contributed by atoms with Gasteiger partial charge in [-0.1, -0.05) is 19.9 Å². The minimum Gasteiger partial charge on any atom is -0.381 e. The highest BCUT2D eigenvalue weighted by Crippen LogP contribution is 2.45. The first-order valence-electron chi connectivity index (χ1n) is 9.00. The maximum Gasteiger partial charge on any atom is 0.206 e. The molecule has 2 aromatic rings. The summed E-state index contributed by atoms with van der Waals surface area (Å²) in [6.45, 7) is 6.27. The van der Waals surface area contributed by atoms with Crippen LogP contribution in [0.3, 0.4) is 0 Å². The highest BCUT2D eigenvalue weighted by molar-refractivity contribution is 7.91. The van der Waals surface area contributed by atoms with E-state index in [0.29, 0.717) is 17.9 Å². The third-order valence-electron chi connectivity index (χ3n) is 5.67. The standard InChI is InChI=1S/C20H23FN2O2S/c1-12-10-22-11-13(2)20-19(12)17-9-16(6-7-18(17)23-20)26(24,25)15-5-3-4-14(21)8-15/h3-9,12-13,19-20,22-23H,10-11H2,1-2H3/t12?,13?,19-,20+/m1/s1. The van der Waals surface area contributed by atoms with E-state index >= 15 is 0 Å². The number of fused-ring (bicyclic) bond motifs is 3. The Morgan fingerprint density at radius 3 is 2.50 bits per heavy atom. The number of halogens is 1. The molecule has 138 valence electrons. The second-order valence-electron chi connectivity index (χ2n) is 7.52. The van der Waals surface area contributed by atoms with Crippen molar-refractivity contribution in [1.82, 2.24) is 5.32 Å². The maximum absolute atomic E-state index is 13.5. The van der Waals surface area contributed by atoms with E-state index in [-0.39, 0.29) is 15.7 Å². The van der Waals surface area contributed by atoms with E-state index in [1.54, 1.807) is 12.1 Å². The molecule has 0 amide bonds. The van der Waals surface area contributed by atoms with Gasteiger partial charge in [0.15, 0.2) is 0 Å². The van der Waals surface area contributed by atoms with Crippen LogP contribution in [0.15, 0.2) is 52.3 Å². The van der Waals surface area contributed by atoms with Crippen LogP contribution < -0.4 is 10.6 Å². The van der Waals surface area contributed by atoms with Gasteiger partial charge in [-0.15, -0.1) is 0 Å². The van der Waals surface area contributed by atoms with Crippen molar-refractivity contribution in [3.05, 3.63) is 53.8 Å². The zero-order valence-electron chi connectivity index (χ0n) is 14.9. The summed E-state index contributed by atoms with van der Waals surface area (Å²) < 4.78 is 39.4. The Morgan fingerprint density at radius 1 is 1.00 bits per heavy atom. The number of anilines is 1. The number of sulfone groups is 1. The van der Waals surface area contributed by atoms with Gasteiger partial charge in [-0.2, -0.15) is 0 Å². The van der Waals surface area contributed by atoms with Gasteiger partial charge in [0.1, 0.15) is 5.82 Å². The number of rotatable bonds is 2. The first-order chi connectivity index (χ1) is 12.4. The van der Waals surface area contributed by atoms with Gasteiger partial charge in [0.2, 0.25) is 9.84 Å². The van der Waals surface area contributed by atoms with E-state index in [1.165, 1.54) is 18.2 Å². The van der Waals surface area contributed by atoms with Crippen molar-refractivity contribution in [3.63, 3.8) is 0 Å². The molecule has 2 aliphatic heterocycles. The van der Waals surface area contributed by atoms with Crippen LogP contribution in [0.1, 0.15) is 25.3 Å². The SMILES string of the molecule is CC1CNCC(C)[C@@H]2c3cc(S(=O)(=O)c4cccc(F)c4)ccc3N[C@@H]12. The van der Waals surface area contributed by atoms with Crippen molar-refractivity contribution in [1.29, 1.82) is 0 Å². The van der Waals surface area contributed by atoms with Gasteiger partial charge in [0, 0.05) is 17.6 Å². The van der Waals surface area contributed by atoms with Gasteiger partial charge in [0.05, 0.1) is 9.79 Å². The van der Waals surface area contributed by atoms with E-state index < -0.39 is 15.7 Å². The average molecular weight is 374 g/mol. The molecule has 1 fully saturated rings. The summed E-state index contributed by atoms with van der Waals surface area (Å²) in [4.78, 5) is 0.213. The second-order valence-corrected chi connectivity index (χ2v) is 9.47. The molecule has 0 spiro atoms. The predicted octanol–water partition coefficient (Wildman–Crippen LogP) is 3.41. The normalized spacial score (nSPS) is 28.0. The molecule has 4 nitrogen and oxygen atoms in total. The van der Waals surface area contributed by atoms with Crippen LogP contribution >= 0.6 is 0 Å². The van der Waals surface area contributed by atoms with E-state index in [2.05, 4.69) is 24.5 Å². The van der Waals surface area contributed by atoms with Crippen LogP contribution in [-0.2, 0) is 9.84 Å². The largest absolute Gasteiger partial charge is 0.381 e. The molecular formula is C20H23FN2O2S. The van der Waals surface area contributed by atoms with E-state index in [0.717, 1.165) is 30.4 Å². The average Bonchev–Trinajstić information content (AvgIpc) is 2.94. The minimum absolute atomic E-state index is 0.0103. The Morgan fingerprint density at radius 2 is 1.73 bits per heavy atom. The molecule has 0 aromatic heterocycles. The predicted molar refractivity (Wildman–Crippen MR) is 99.6 cm³/mol. The van der Waals surface area contributed by atoms with Gasteiger partial charge in [-0.05, 0) is 66.9 Å². The van der Waals surface area contributed by atoms with Gasteiger partial charge < -0.3 is 10.6 Å². The molecule has 2 aromatic carbocycles. The molecular weight excluding hydrogens is 351 g/mol. The Hall–Kier alpha value is -1.92. The number of benzene rings is 2. The third kappa shape index (κ3) is 2.81. The summed E-state index contributed by atoms with van der Waals surface area (Å²) >= 11 is 0. The molecule has 4 atom stereocenters. The molecule has 0 aliphatic carbocycles. The highest BCUT2D eigenvalue weighted by atomic mass is 32.2. The van der Waals surface area contributed by atoms with Crippen molar-refractivity contribution in [2.75, 3.05) is 18.4 Å². The first-order valence-corrected chi connectivity index (χ1v) is 10.5. The van der Waals surface area contributed by atoms with Crippen LogP contribution in [0, 0.1) is 17.7 Å². The summed E-state index contributed by atoms with van der Waals surface area (Å²) in [5.41, 5.74) is 2.06. The van der Waals surface area contributed by atoms with Gasteiger partial charge in [0.25, 0.3) is 0 Å². The molecule has 1 saturated heterocycles. The fourth-order valence-electron chi connectivity index (χ4n) is 4.30. The lowest BCUT2D eigenvalue weighted by atomic mass is 9.81. The van der Waals surface area contributed by atoms with E-state index in [1.807, 2.05) is 6.07 Å². The number of hydrogen-bond donors (Lipinski definition) is 2. The highest BCUT2D eigenvalue weighted by Gasteiger charge is 2.40. The van der Waals surface area contributed by atoms with Crippen LogP contribution in [0.4, 0.5) is 10.1 Å². The Kier molecular flexibility index (Phi) is 4.28. The van der Waals surface area contributed by atoms with Crippen molar-refractivity contribution in [2.24, 2.45) is 11.8 Å². The molecule has 0 radical (unpaired) electrons. The molecule has 0 bridgehead atoms. The quantitative estimate of drug-likeness (QED) is 0.846. The lowest BCUT2D eigenvalue weighted by Gasteiger charge is -2.26. The fourth-order valence-corrected chi connectivity index (χ4v) is 5.62. The molecule has 2 heterocycles. The van der Waals surface area contributed by atoms with Gasteiger partial charge in [-0.25, -0.2) is 12.8 Å². The Bertz CT molecular complexity index is 945. The third-order valence-corrected chi connectivity index (χ3v) is 7.42. The van der Waals surface area contributed by atoms with E-state index in [4.69, 9.17) is 0 Å². The summed E-state index contributed by atoms with van der Waals surface area (Å²) in [7, 11) is -3.74. The lowest BCUT2D eigenvalue weighted by molar-refractivity contribution is 0.402. The summed E-state index contributed by atoms with van der Waals surface area (Å²) in [6, 6.07) is 10.7. The van der Waals surface area contributed by atoms with Gasteiger partial charge in [-0.3, -0.25) is 0 Å². The zero-order chi connectivity index (χ0) is 18.5. The molecule has 2 aliphatic rings. The molecule has 6 heteroatoms. The minimum atomic E-state index is -3.74. The second kappa shape index (κ2) is 6.35. The van der Waals surface area contributed by atoms with Crippen molar-refractivity contribution in [2.45, 2.75) is 35.6 Å². The summed E-state index contributed by atoms with van der Waals surface area (Å²) in [6.07, 6.45) is 0. The van der Waals surface area contributed by atoms with Crippen LogP contribution in [0.25, 0.3) is 0 Å². The summed E-state index contributed by atoms with van der Waals surface area (Å²) in [5, 5.41) is 7.07. The Labute approximate surface area is 153 Å². The van der Waals surface area contributed by atoms with Crippen LogP contribution in [0.2, 0.25) is 0 Å². The summed E-state index contributed by atoms with van der Waals surface area (Å²) in [5.74, 6) is 0.551. The first kappa shape index (κ1) is 17.5. The Balaban J connectivity index is 1.78. The van der Waals surface area contributed by atoms with Crippen molar-refractivity contribution < 1.29 is 12.8 Å². The molecule has 2 N–H and O–H groups in total. The van der Waals surface area contributed by atoms with Crippen LogP contribution in [-0.4, -0.2) is 27.5 Å².